The van der Waals surface area contributed by atoms with Crippen LogP contribution in [0, 0.1) is 11.3 Å². The Morgan fingerprint density at radius 2 is 1.82 bits per heavy atom. The van der Waals surface area contributed by atoms with Crippen LogP contribution in [0.1, 0.15) is 11.1 Å². The van der Waals surface area contributed by atoms with Gasteiger partial charge in [0, 0.05) is 4.47 Å². The molecule has 3 heteroatoms. The number of aliphatic hydroxyl groups excluding tert-OH is 1. The van der Waals surface area contributed by atoms with Crippen molar-refractivity contribution in [1.29, 1.82) is 5.26 Å². The van der Waals surface area contributed by atoms with Crippen LogP contribution >= 0.6 is 15.9 Å². The van der Waals surface area contributed by atoms with Crippen molar-refractivity contribution in [2.75, 3.05) is 0 Å². The molecule has 17 heavy (non-hydrogen) atoms. The second-order valence-electron chi connectivity index (χ2n) is 3.66. The molecule has 0 heterocycles. The van der Waals surface area contributed by atoms with Gasteiger partial charge in [-0.25, -0.2) is 0 Å². The summed E-state index contributed by atoms with van der Waals surface area (Å²) in [5, 5.41) is 17.8. The summed E-state index contributed by atoms with van der Waals surface area (Å²) >= 11 is 3.48. The van der Waals surface area contributed by atoms with Crippen molar-refractivity contribution in [2.24, 2.45) is 0 Å². The van der Waals surface area contributed by atoms with Gasteiger partial charge in [-0.2, -0.15) is 5.26 Å². The first-order valence-corrected chi connectivity index (χ1v) is 5.93. The average Bonchev–Trinajstić information content (AvgIpc) is 2.39. The molecule has 0 aliphatic carbocycles. The SMILES string of the molecule is N#Cc1ccc(-c2ccc(CO)cc2Br)cc1. The first kappa shape index (κ1) is 11.8. The molecule has 0 aromatic heterocycles. The molecule has 2 rings (SSSR count). The second-order valence-corrected chi connectivity index (χ2v) is 4.52. The van der Waals surface area contributed by atoms with E-state index in [4.69, 9.17) is 10.4 Å². The smallest absolute Gasteiger partial charge is 0.0991 e. The third-order valence-electron chi connectivity index (χ3n) is 2.54. The van der Waals surface area contributed by atoms with Crippen LogP contribution < -0.4 is 0 Å². The van der Waals surface area contributed by atoms with Gasteiger partial charge in [-0.3, -0.25) is 0 Å². The summed E-state index contributed by atoms with van der Waals surface area (Å²) in [5.41, 5.74) is 3.61. The molecule has 2 aromatic rings. The largest absolute Gasteiger partial charge is 0.392 e. The Kier molecular flexibility index (Phi) is 3.58. The van der Waals surface area contributed by atoms with Crippen LogP contribution in [0.2, 0.25) is 0 Å². The zero-order valence-corrected chi connectivity index (χ0v) is 10.6. The number of rotatable bonds is 2. The van der Waals surface area contributed by atoms with Gasteiger partial charge in [-0.05, 0) is 34.9 Å². The molecule has 0 radical (unpaired) electrons. The van der Waals surface area contributed by atoms with E-state index in [2.05, 4.69) is 22.0 Å². The van der Waals surface area contributed by atoms with Crippen LogP contribution in [0.4, 0.5) is 0 Å². The first-order valence-electron chi connectivity index (χ1n) is 5.14. The molecule has 84 valence electrons. The van der Waals surface area contributed by atoms with Crippen molar-refractivity contribution in [3.05, 3.63) is 58.1 Å². The Labute approximate surface area is 108 Å². The molecule has 0 aliphatic rings. The number of nitrogens with zero attached hydrogens (tertiary/aromatic N) is 1. The van der Waals surface area contributed by atoms with Gasteiger partial charge in [0.2, 0.25) is 0 Å². The van der Waals surface area contributed by atoms with Crippen molar-refractivity contribution in [3.8, 4) is 17.2 Å². The Hall–Kier alpha value is -1.63. The number of nitriles is 1. The van der Waals surface area contributed by atoms with Gasteiger partial charge < -0.3 is 5.11 Å². The Morgan fingerprint density at radius 1 is 1.12 bits per heavy atom. The summed E-state index contributed by atoms with van der Waals surface area (Å²) < 4.78 is 0.939. The molecular formula is C14H10BrNO. The Morgan fingerprint density at radius 3 is 2.35 bits per heavy atom. The van der Waals surface area contributed by atoms with Crippen LogP contribution in [-0.2, 0) is 6.61 Å². The van der Waals surface area contributed by atoms with Crippen molar-refractivity contribution in [3.63, 3.8) is 0 Å². The van der Waals surface area contributed by atoms with Gasteiger partial charge in [0.25, 0.3) is 0 Å². The van der Waals surface area contributed by atoms with E-state index in [9.17, 15) is 0 Å². The summed E-state index contributed by atoms with van der Waals surface area (Å²) in [4.78, 5) is 0. The molecule has 0 atom stereocenters. The average molecular weight is 288 g/mol. The predicted molar refractivity (Wildman–Crippen MR) is 70.2 cm³/mol. The molecule has 2 nitrogen and oxygen atoms in total. The van der Waals surface area contributed by atoms with Crippen molar-refractivity contribution >= 4 is 15.9 Å². The van der Waals surface area contributed by atoms with Gasteiger partial charge in [0.1, 0.15) is 0 Å². The molecule has 0 fully saturated rings. The van der Waals surface area contributed by atoms with E-state index in [0.29, 0.717) is 5.56 Å². The highest BCUT2D eigenvalue weighted by Crippen LogP contribution is 2.29. The molecule has 0 amide bonds. The number of benzene rings is 2. The number of aliphatic hydroxyl groups is 1. The molecule has 0 aliphatic heterocycles. The Balaban J connectivity index is 2.42. The van der Waals surface area contributed by atoms with E-state index >= 15 is 0 Å². The van der Waals surface area contributed by atoms with Crippen LogP contribution in [0.5, 0.6) is 0 Å². The minimum atomic E-state index is 0.0340. The van der Waals surface area contributed by atoms with Crippen molar-refractivity contribution in [1.82, 2.24) is 0 Å². The lowest BCUT2D eigenvalue weighted by atomic mass is 10.0. The molecule has 0 saturated carbocycles. The monoisotopic (exact) mass is 287 g/mol. The van der Waals surface area contributed by atoms with Gasteiger partial charge in [-0.1, -0.05) is 40.2 Å². The number of hydrogen-bond acceptors (Lipinski definition) is 2. The lowest BCUT2D eigenvalue weighted by Gasteiger charge is -2.06. The standard InChI is InChI=1S/C14H10BrNO/c15-14-7-11(9-17)3-6-13(14)12-4-1-10(8-16)2-5-12/h1-7,17H,9H2. The molecule has 2 aromatic carbocycles. The zero-order chi connectivity index (χ0) is 12.3. The zero-order valence-electron chi connectivity index (χ0n) is 9.02. The van der Waals surface area contributed by atoms with E-state index < -0.39 is 0 Å². The maximum atomic E-state index is 9.03. The number of halogens is 1. The van der Waals surface area contributed by atoms with Crippen LogP contribution in [-0.4, -0.2) is 5.11 Å². The topological polar surface area (TPSA) is 44.0 Å². The summed E-state index contributed by atoms with van der Waals surface area (Å²) in [6, 6.07) is 15.2. The molecular weight excluding hydrogens is 278 g/mol. The normalized spacial score (nSPS) is 9.94. The van der Waals surface area contributed by atoms with Gasteiger partial charge in [0.15, 0.2) is 0 Å². The first-order chi connectivity index (χ1) is 8.24. The molecule has 0 unspecified atom stereocenters. The van der Waals surface area contributed by atoms with E-state index in [1.807, 2.05) is 30.3 Å². The van der Waals surface area contributed by atoms with E-state index in [0.717, 1.165) is 21.2 Å². The lowest BCUT2D eigenvalue weighted by molar-refractivity contribution is 0.282. The summed E-state index contributed by atoms with van der Waals surface area (Å²) in [5.74, 6) is 0. The van der Waals surface area contributed by atoms with E-state index in [1.54, 1.807) is 12.1 Å². The minimum absolute atomic E-state index is 0.0340. The minimum Gasteiger partial charge on any atom is -0.392 e. The maximum Gasteiger partial charge on any atom is 0.0991 e. The van der Waals surface area contributed by atoms with Gasteiger partial charge >= 0.3 is 0 Å². The fourth-order valence-corrected chi connectivity index (χ4v) is 2.27. The highest BCUT2D eigenvalue weighted by atomic mass is 79.9. The fourth-order valence-electron chi connectivity index (χ4n) is 1.62. The van der Waals surface area contributed by atoms with Crippen LogP contribution in [0.3, 0.4) is 0 Å². The molecule has 0 saturated heterocycles. The second kappa shape index (κ2) is 5.13. The molecule has 0 bridgehead atoms. The summed E-state index contributed by atoms with van der Waals surface area (Å²) in [6.45, 7) is 0.0340. The molecule has 0 spiro atoms. The van der Waals surface area contributed by atoms with E-state index in [1.165, 1.54) is 0 Å². The Bertz CT molecular complexity index is 570. The van der Waals surface area contributed by atoms with Gasteiger partial charge in [-0.15, -0.1) is 0 Å². The third kappa shape index (κ3) is 2.55. The van der Waals surface area contributed by atoms with E-state index in [-0.39, 0.29) is 6.61 Å². The maximum absolute atomic E-state index is 9.03. The highest BCUT2D eigenvalue weighted by molar-refractivity contribution is 9.10. The van der Waals surface area contributed by atoms with Crippen molar-refractivity contribution < 1.29 is 5.11 Å². The van der Waals surface area contributed by atoms with Gasteiger partial charge in [0.05, 0.1) is 18.2 Å². The quantitative estimate of drug-likeness (QED) is 0.919. The van der Waals surface area contributed by atoms with Crippen LogP contribution in [0.25, 0.3) is 11.1 Å². The van der Waals surface area contributed by atoms with Crippen molar-refractivity contribution in [2.45, 2.75) is 6.61 Å². The fraction of sp³-hybridized carbons (Fsp3) is 0.0714. The lowest BCUT2D eigenvalue weighted by Crippen LogP contribution is -1.86. The molecule has 1 N–H and O–H groups in total. The van der Waals surface area contributed by atoms with Crippen LogP contribution in [0.15, 0.2) is 46.9 Å². The predicted octanol–water partition coefficient (Wildman–Crippen LogP) is 3.48. The third-order valence-corrected chi connectivity index (χ3v) is 3.20. The summed E-state index contributed by atoms with van der Waals surface area (Å²) in [6.07, 6.45) is 0. The summed E-state index contributed by atoms with van der Waals surface area (Å²) in [7, 11) is 0. The number of hydrogen-bond donors (Lipinski definition) is 1. The highest BCUT2D eigenvalue weighted by Gasteiger charge is 2.04.